The average Bonchev–Trinajstić information content (AvgIpc) is 2.65. The van der Waals surface area contributed by atoms with E-state index in [2.05, 4.69) is 4.99 Å². The van der Waals surface area contributed by atoms with E-state index in [-0.39, 0.29) is 5.56 Å². The summed E-state index contributed by atoms with van der Waals surface area (Å²) in [6.07, 6.45) is -1.07. The summed E-state index contributed by atoms with van der Waals surface area (Å²) in [4.78, 5) is 4.18. The van der Waals surface area contributed by atoms with Crippen LogP contribution >= 0.6 is 0 Å². The molecular formula is C20H18F3NO2. The predicted octanol–water partition coefficient (Wildman–Crippen LogP) is 4.62. The standard InChI is InChI=1S/C20H18F3NO2/c1-25-15-9-10-16-17(12-15)19(26-2,20(21,22)23)13-24-18(16)11-8-14-6-4-3-5-7-14/h3-12H,13H2,1-2H3/b11-8+. The van der Waals surface area contributed by atoms with Gasteiger partial charge in [-0.1, -0.05) is 36.4 Å². The number of methoxy groups -OCH3 is 2. The van der Waals surface area contributed by atoms with E-state index in [0.29, 0.717) is 17.0 Å². The van der Waals surface area contributed by atoms with Crippen molar-refractivity contribution in [1.82, 2.24) is 0 Å². The molecule has 3 rings (SSSR count). The highest BCUT2D eigenvalue weighted by atomic mass is 19.4. The molecule has 0 fully saturated rings. The number of hydrogen-bond acceptors (Lipinski definition) is 3. The highest BCUT2D eigenvalue weighted by Gasteiger charge is 2.59. The molecule has 0 N–H and O–H groups in total. The summed E-state index contributed by atoms with van der Waals surface area (Å²) in [7, 11) is 2.47. The molecule has 2 aromatic carbocycles. The van der Waals surface area contributed by atoms with E-state index in [1.54, 1.807) is 18.2 Å². The molecule has 0 saturated heterocycles. The summed E-state index contributed by atoms with van der Waals surface area (Å²) in [5.74, 6) is 0.336. The molecule has 6 heteroatoms. The summed E-state index contributed by atoms with van der Waals surface area (Å²) in [5, 5.41) is 0. The monoisotopic (exact) mass is 361 g/mol. The molecule has 0 aliphatic carbocycles. The van der Waals surface area contributed by atoms with Crippen LogP contribution < -0.4 is 4.74 Å². The highest BCUT2D eigenvalue weighted by Crippen LogP contribution is 2.46. The second-order valence-electron chi connectivity index (χ2n) is 5.89. The van der Waals surface area contributed by atoms with Crippen LogP contribution in [-0.2, 0) is 10.3 Å². The van der Waals surface area contributed by atoms with Gasteiger partial charge in [0.25, 0.3) is 0 Å². The van der Waals surface area contributed by atoms with E-state index in [1.165, 1.54) is 13.2 Å². The Balaban J connectivity index is 2.10. The molecule has 1 aliphatic rings. The van der Waals surface area contributed by atoms with Gasteiger partial charge in [0.1, 0.15) is 5.75 Å². The number of ether oxygens (including phenoxy) is 2. The molecule has 2 aromatic rings. The first-order valence-electron chi connectivity index (χ1n) is 7.99. The van der Waals surface area contributed by atoms with Crippen molar-refractivity contribution in [3.63, 3.8) is 0 Å². The Bertz CT molecular complexity index is 844. The third-order valence-corrected chi connectivity index (χ3v) is 4.45. The zero-order valence-electron chi connectivity index (χ0n) is 14.4. The quantitative estimate of drug-likeness (QED) is 0.796. The molecule has 1 atom stereocenters. The molecule has 3 nitrogen and oxygen atoms in total. The van der Waals surface area contributed by atoms with Crippen LogP contribution in [0.2, 0.25) is 0 Å². The molecule has 1 heterocycles. The minimum atomic E-state index is -4.61. The van der Waals surface area contributed by atoms with Gasteiger partial charge in [0, 0.05) is 18.2 Å². The fourth-order valence-corrected chi connectivity index (χ4v) is 2.99. The molecule has 0 radical (unpaired) electrons. The number of aliphatic imine (C=N–C) groups is 1. The maximum absolute atomic E-state index is 13.8. The van der Waals surface area contributed by atoms with Gasteiger partial charge in [0.05, 0.1) is 19.4 Å². The summed E-state index contributed by atoms with van der Waals surface area (Å²) in [5.41, 5.74) is -0.688. The molecular weight excluding hydrogens is 343 g/mol. The molecule has 26 heavy (non-hydrogen) atoms. The largest absolute Gasteiger partial charge is 0.497 e. The van der Waals surface area contributed by atoms with Gasteiger partial charge in [-0.25, -0.2) is 0 Å². The Morgan fingerprint density at radius 3 is 2.38 bits per heavy atom. The van der Waals surface area contributed by atoms with Crippen LogP contribution in [-0.4, -0.2) is 32.7 Å². The molecule has 1 unspecified atom stereocenters. The van der Waals surface area contributed by atoms with E-state index < -0.39 is 18.3 Å². The molecule has 0 amide bonds. The van der Waals surface area contributed by atoms with E-state index >= 15 is 0 Å². The van der Waals surface area contributed by atoms with Gasteiger partial charge < -0.3 is 9.47 Å². The van der Waals surface area contributed by atoms with Crippen LogP contribution in [0.3, 0.4) is 0 Å². The Hall–Kier alpha value is -2.60. The lowest BCUT2D eigenvalue weighted by Crippen LogP contribution is -2.49. The number of halogens is 3. The Kier molecular flexibility index (Phi) is 4.87. The fourth-order valence-electron chi connectivity index (χ4n) is 2.99. The summed E-state index contributed by atoms with van der Waals surface area (Å²) in [6, 6.07) is 14.1. The maximum atomic E-state index is 13.8. The minimum absolute atomic E-state index is 0.00885. The van der Waals surface area contributed by atoms with E-state index in [1.807, 2.05) is 36.4 Å². The zero-order valence-corrected chi connectivity index (χ0v) is 14.4. The third-order valence-electron chi connectivity index (χ3n) is 4.45. The minimum Gasteiger partial charge on any atom is -0.497 e. The van der Waals surface area contributed by atoms with Gasteiger partial charge in [-0.2, -0.15) is 13.2 Å². The van der Waals surface area contributed by atoms with Crippen molar-refractivity contribution in [3.8, 4) is 5.75 Å². The van der Waals surface area contributed by atoms with Gasteiger partial charge in [-0.05, 0) is 29.8 Å². The topological polar surface area (TPSA) is 30.8 Å². The molecule has 0 spiro atoms. The van der Waals surface area contributed by atoms with Gasteiger partial charge in [0.15, 0.2) is 0 Å². The summed E-state index contributed by atoms with van der Waals surface area (Å²) in [6.45, 7) is -0.540. The number of benzene rings is 2. The highest BCUT2D eigenvalue weighted by molar-refractivity contribution is 6.12. The number of alkyl halides is 3. The summed E-state index contributed by atoms with van der Waals surface area (Å²) >= 11 is 0. The zero-order chi connectivity index (χ0) is 18.8. The van der Waals surface area contributed by atoms with E-state index in [4.69, 9.17) is 9.47 Å². The van der Waals surface area contributed by atoms with Gasteiger partial charge in [0.2, 0.25) is 5.60 Å². The van der Waals surface area contributed by atoms with Crippen molar-refractivity contribution in [3.05, 3.63) is 71.3 Å². The molecule has 0 aromatic heterocycles. The van der Waals surface area contributed by atoms with Gasteiger partial charge >= 0.3 is 6.18 Å². The molecule has 0 saturated carbocycles. The van der Waals surface area contributed by atoms with Crippen molar-refractivity contribution in [1.29, 1.82) is 0 Å². The second kappa shape index (κ2) is 6.96. The SMILES string of the molecule is COc1ccc2c(c1)C(OC)(C(F)(F)F)CN=C2/C=C/c1ccccc1. The van der Waals surface area contributed by atoms with Crippen LogP contribution in [0, 0.1) is 0 Å². The first kappa shape index (κ1) is 18.2. The van der Waals surface area contributed by atoms with Crippen LogP contribution in [0.1, 0.15) is 16.7 Å². The fraction of sp³-hybridized carbons (Fsp3) is 0.250. The Labute approximate surface area is 149 Å². The number of rotatable bonds is 4. The van der Waals surface area contributed by atoms with Crippen LogP contribution in [0.25, 0.3) is 6.08 Å². The van der Waals surface area contributed by atoms with Crippen LogP contribution in [0.4, 0.5) is 13.2 Å². The predicted molar refractivity (Wildman–Crippen MR) is 94.6 cm³/mol. The van der Waals surface area contributed by atoms with Crippen LogP contribution in [0.15, 0.2) is 59.6 Å². The number of hydrogen-bond donors (Lipinski definition) is 0. The van der Waals surface area contributed by atoms with E-state index in [0.717, 1.165) is 12.7 Å². The number of nitrogens with zero attached hydrogens (tertiary/aromatic N) is 1. The average molecular weight is 361 g/mol. The van der Waals surface area contributed by atoms with Crippen LogP contribution in [0.5, 0.6) is 5.75 Å². The normalized spacial score (nSPS) is 20.0. The van der Waals surface area contributed by atoms with Gasteiger partial charge in [-0.15, -0.1) is 0 Å². The summed E-state index contributed by atoms with van der Waals surface area (Å²) < 4.78 is 51.6. The number of fused-ring (bicyclic) bond motifs is 1. The molecule has 136 valence electrons. The first-order chi connectivity index (χ1) is 12.4. The Morgan fingerprint density at radius 2 is 1.77 bits per heavy atom. The van der Waals surface area contributed by atoms with Crippen molar-refractivity contribution >= 4 is 11.8 Å². The lowest BCUT2D eigenvalue weighted by molar-refractivity contribution is -0.272. The third kappa shape index (κ3) is 3.12. The van der Waals surface area contributed by atoms with Crippen molar-refractivity contribution < 1.29 is 22.6 Å². The molecule has 1 aliphatic heterocycles. The first-order valence-corrected chi connectivity index (χ1v) is 7.99. The van der Waals surface area contributed by atoms with Crippen molar-refractivity contribution in [2.24, 2.45) is 4.99 Å². The van der Waals surface area contributed by atoms with Gasteiger partial charge in [-0.3, -0.25) is 4.99 Å². The molecule has 0 bridgehead atoms. The van der Waals surface area contributed by atoms with E-state index in [9.17, 15) is 13.2 Å². The number of allylic oxidation sites excluding steroid dienone is 1. The smallest absolute Gasteiger partial charge is 0.423 e. The lowest BCUT2D eigenvalue weighted by atomic mass is 9.84. The second-order valence-corrected chi connectivity index (χ2v) is 5.89. The maximum Gasteiger partial charge on any atom is 0.423 e. The Morgan fingerprint density at radius 1 is 1.04 bits per heavy atom. The van der Waals surface area contributed by atoms with Crippen molar-refractivity contribution in [2.75, 3.05) is 20.8 Å². The van der Waals surface area contributed by atoms with Crippen molar-refractivity contribution in [2.45, 2.75) is 11.8 Å². The lowest BCUT2D eigenvalue weighted by Gasteiger charge is -2.37.